The van der Waals surface area contributed by atoms with E-state index in [1.165, 1.54) is 21.3 Å². The Morgan fingerprint density at radius 3 is 2.02 bits per heavy atom. The number of benzene rings is 3. The molecular formula is C31H38Cl2N4O5. The lowest BCUT2D eigenvalue weighted by Crippen LogP contribution is -2.48. The van der Waals surface area contributed by atoms with Crippen LogP contribution in [-0.2, 0) is 17.6 Å². The van der Waals surface area contributed by atoms with Crippen LogP contribution in [0, 0.1) is 0 Å². The summed E-state index contributed by atoms with van der Waals surface area (Å²) in [4.78, 5) is 33.6. The lowest BCUT2D eigenvalue weighted by Gasteiger charge is -2.34. The SMILES string of the molecule is COc1cc(C(=O)Nc2ccc3c(c2)N(C(=O)CN2CCN(C)CC2)c2ccccc2CC3)cc(OC)c1OC.Cl.Cl. The topological polar surface area (TPSA) is 83.6 Å². The zero-order valence-corrected chi connectivity index (χ0v) is 26.0. The molecule has 0 unspecified atom stereocenters. The Morgan fingerprint density at radius 1 is 0.786 bits per heavy atom. The summed E-state index contributed by atoms with van der Waals surface area (Å²) < 4.78 is 16.2. The minimum atomic E-state index is -0.330. The maximum absolute atomic E-state index is 13.9. The molecule has 2 aliphatic heterocycles. The van der Waals surface area contributed by atoms with Crippen molar-refractivity contribution in [3.05, 3.63) is 71.3 Å². The molecule has 0 radical (unpaired) electrons. The van der Waals surface area contributed by atoms with Crippen molar-refractivity contribution in [1.29, 1.82) is 0 Å². The summed E-state index contributed by atoms with van der Waals surface area (Å²) in [6.07, 6.45) is 1.63. The standard InChI is InChI=1S/C31H36N4O5.2ClH/c1-33-13-15-34(16-14-33)20-29(36)35-25-8-6-5-7-21(25)9-10-22-11-12-24(19-26(22)35)32-31(37)23-17-27(38-2)30(40-4)28(18-23)39-3;;/h5-8,11-12,17-19H,9-10,13-16,20H2,1-4H3,(H,32,37);2*1H. The molecule has 0 spiro atoms. The Kier molecular flexibility index (Phi) is 11.5. The van der Waals surface area contributed by atoms with Gasteiger partial charge in [0.1, 0.15) is 0 Å². The molecule has 1 fully saturated rings. The van der Waals surface area contributed by atoms with E-state index >= 15 is 0 Å². The Bertz CT molecular complexity index is 1390. The highest BCUT2D eigenvalue weighted by molar-refractivity contribution is 6.07. The number of para-hydroxylation sites is 1. The van der Waals surface area contributed by atoms with E-state index in [2.05, 4.69) is 28.2 Å². The first-order valence-electron chi connectivity index (χ1n) is 13.5. The fourth-order valence-corrected chi connectivity index (χ4v) is 5.35. The van der Waals surface area contributed by atoms with E-state index in [1.807, 2.05) is 41.3 Å². The number of hydrogen-bond acceptors (Lipinski definition) is 7. The second kappa shape index (κ2) is 14.6. The number of carbonyl (C=O) groups excluding carboxylic acids is 2. The molecule has 2 heterocycles. The molecule has 226 valence electrons. The summed E-state index contributed by atoms with van der Waals surface area (Å²) in [6, 6.07) is 17.1. The number of rotatable bonds is 7. The van der Waals surface area contributed by atoms with Crippen LogP contribution >= 0.6 is 24.8 Å². The van der Waals surface area contributed by atoms with Crippen molar-refractivity contribution >= 4 is 53.7 Å². The fourth-order valence-electron chi connectivity index (χ4n) is 5.35. The summed E-state index contributed by atoms with van der Waals surface area (Å²) in [5.41, 5.74) is 4.84. The van der Waals surface area contributed by atoms with Crippen molar-refractivity contribution in [3.8, 4) is 17.2 Å². The van der Waals surface area contributed by atoms with Gasteiger partial charge in [-0.1, -0.05) is 24.3 Å². The van der Waals surface area contributed by atoms with Gasteiger partial charge in [-0.25, -0.2) is 0 Å². The first-order chi connectivity index (χ1) is 19.4. The predicted molar refractivity (Wildman–Crippen MR) is 170 cm³/mol. The summed E-state index contributed by atoms with van der Waals surface area (Å²) in [5, 5.41) is 2.99. The summed E-state index contributed by atoms with van der Waals surface area (Å²) in [7, 11) is 6.65. The lowest BCUT2D eigenvalue weighted by molar-refractivity contribution is -0.119. The third kappa shape index (κ3) is 6.93. The van der Waals surface area contributed by atoms with Crippen molar-refractivity contribution in [2.75, 3.05) is 71.3 Å². The average molecular weight is 618 g/mol. The van der Waals surface area contributed by atoms with Crippen molar-refractivity contribution in [3.63, 3.8) is 0 Å². The zero-order valence-electron chi connectivity index (χ0n) is 24.3. The molecule has 2 amide bonds. The number of ether oxygens (including phenoxy) is 3. The maximum atomic E-state index is 13.9. The molecule has 3 aromatic rings. The second-order valence-corrected chi connectivity index (χ2v) is 10.1. The van der Waals surface area contributed by atoms with Gasteiger partial charge >= 0.3 is 0 Å². The molecule has 0 aromatic heterocycles. The third-order valence-electron chi connectivity index (χ3n) is 7.61. The molecule has 1 N–H and O–H groups in total. The quantitative estimate of drug-likeness (QED) is 0.407. The van der Waals surface area contributed by atoms with Gasteiger partial charge in [0.05, 0.1) is 39.2 Å². The van der Waals surface area contributed by atoms with Crippen molar-refractivity contribution < 1.29 is 23.8 Å². The van der Waals surface area contributed by atoms with Crippen LogP contribution in [0.1, 0.15) is 21.5 Å². The van der Waals surface area contributed by atoms with Gasteiger partial charge in [-0.3, -0.25) is 19.4 Å². The lowest BCUT2D eigenvalue weighted by atomic mass is 10.0. The van der Waals surface area contributed by atoms with E-state index in [-0.39, 0.29) is 36.6 Å². The zero-order chi connectivity index (χ0) is 28.2. The number of hydrogen-bond donors (Lipinski definition) is 1. The predicted octanol–water partition coefficient (Wildman–Crippen LogP) is 4.82. The number of anilines is 3. The molecule has 3 aromatic carbocycles. The highest BCUT2D eigenvalue weighted by Crippen LogP contribution is 2.40. The van der Waals surface area contributed by atoms with Gasteiger partial charge in [0.2, 0.25) is 11.7 Å². The van der Waals surface area contributed by atoms with Gasteiger partial charge in [-0.2, -0.15) is 0 Å². The number of aryl methyl sites for hydroxylation is 2. The minimum Gasteiger partial charge on any atom is -0.493 e. The van der Waals surface area contributed by atoms with Crippen LogP contribution in [0.25, 0.3) is 0 Å². The average Bonchev–Trinajstić information content (AvgIpc) is 3.14. The number of piperazine rings is 1. The molecule has 5 rings (SSSR count). The summed E-state index contributed by atoms with van der Waals surface area (Å²) in [6.45, 7) is 3.93. The highest BCUT2D eigenvalue weighted by atomic mass is 35.5. The highest BCUT2D eigenvalue weighted by Gasteiger charge is 2.28. The smallest absolute Gasteiger partial charge is 0.255 e. The first-order valence-corrected chi connectivity index (χ1v) is 13.5. The molecule has 0 saturated carbocycles. The first kappa shape index (κ1) is 33.0. The van der Waals surface area contributed by atoms with E-state index in [9.17, 15) is 9.59 Å². The van der Waals surface area contributed by atoms with Crippen LogP contribution in [-0.4, -0.2) is 82.7 Å². The molecule has 1 saturated heterocycles. The normalized spacial score (nSPS) is 14.7. The van der Waals surface area contributed by atoms with Gasteiger partial charge in [0, 0.05) is 37.4 Å². The van der Waals surface area contributed by atoms with E-state index < -0.39 is 0 Å². The molecule has 0 bridgehead atoms. The number of halogens is 2. The second-order valence-electron chi connectivity index (χ2n) is 10.1. The molecule has 0 atom stereocenters. The van der Waals surface area contributed by atoms with Crippen molar-refractivity contribution in [2.45, 2.75) is 12.8 Å². The number of carbonyl (C=O) groups is 2. The molecule has 42 heavy (non-hydrogen) atoms. The molecule has 11 heteroatoms. The van der Waals surface area contributed by atoms with Crippen molar-refractivity contribution in [2.24, 2.45) is 0 Å². The third-order valence-corrected chi connectivity index (χ3v) is 7.61. The number of methoxy groups -OCH3 is 3. The Labute approximate surface area is 259 Å². The fraction of sp³-hybridized carbons (Fsp3) is 0.355. The Balaban J connectivity index is 0.00000242. The Morgan fingerprint density at radius 2 is 1.40 bits per heavy atom. The Hall–Kier alpha value is -3.50. The van der Waals surface area contributed by atoms with E-state index in [4.69, 9.17) is 14.2 Å². The van der Waals surface area contributed by atoms with Gasteiger partial charge < -0.3 is 24.4 Å². The van der Waals surface area contributed by atoms with Crippen molar-refractivity contribution in [1.82, 2.24) is 9.80 Å². The monoisotopic (exact) mass is 616 g/mol. The van der Waals surface area contributed by atoms with Crippen LogP contribution in [0.5, 0.6) is 17.2 Å². The van der Waals surface area contributed by atoms with Crippen LogP contribution in [0.3, 0.4) is 0 Å². The number of nitrogens with one attached hydrogen (secondary N) is 1. The van der Waals surface area contributed by atoms with Crippen LogP contribution < -0.4 is 24.4 Å². The van der Waals surface area contributed by atoms with Crippen LogP contribution in [0.4, 0.5) is 17.1 Å². The number of nitrogens with zero attached hydrogens (tertiary/aromatic N) is 3. The van der Waals surface area contributed by atoms with E-state index in [1.54, 1.807) is 12.1 Å². The number of amides is 2. The van der Waals surface area contributed by atoms with Gasteiger partial charge in [0.25, 0.3) is 5.91 Å². The number of fused-ring (bicyclic) bond motifs is 2. The summed E-state index contributed by atoms with van der Waals surface area (Å²) >= 11 is 0. The summed E-state index contributed by atoms with van der Waals surface area (Å²) in [5.74, 6) is 0.897. The molecule has 9 nitrogen and oxygen atoms in total. The largest absolute Gasteiger partial charge is 0.493 e. The van der Waals surface area contributed by atoms with E-state index in [0.29, 0.717) is 35.0 Å². The minimum absolute atomic E-state index is 0. The molecule has 2 aliphatic rings. The molecular weight excluding hydrogens is 579 g/mol. The molecule has 0 aliphatic carbocycles. The van der Waals surface area contributed by atoms with Crippen LogP contribution in [0.15, 0.2) is 54.6 Å². The maximum Gasteiger partial charge on any atom is 0.255 e. The van der Waals surface area contributed by atoms with Gasteiger partial charge in [0.15, 0.2) is 11.5 Å². The van der Waals surface area contributed by atoms with Crippen LogP contribution in [0.2, 0.25) is 0 Å². The van der Waals surface area contributed by atoms with Gasteiger partial charge in [-0.05, 0) is 61.3 Å². The number of likely N-dealkylation sites (N-methyl/N-ethyl adjacent to an activating group) is 1. The van der Waals surface area contributed by atoms with Gasteiger partial charge in [-0.15, -0.1) is 24.8 Å². The van der Waals surface area contributed by atoms with E-state index in [0.717, 1.165) is 61.5 Å².